The molecule has 0 atom stereocenters. The van der Waals surface area contributed by atoms with Crippen molar-refractivity contribution in [1.82, 2.24) is 39.7 Å². The Morgan fingerprint density at radius 1 is 0.578 bits per heavy atom. The molecule has 0 radical (unpaired) electrons. The molecule has 0 aliphatic carbocycles. The van der Waals surface area contributed by atoms with Gasteiger partial charge in [-0.2, -0.15) is 46.7 Å². The van der Waals surface area contributed by atoms with Crippen LogP contribution in [0.3, 0.4) is 0 Å². The molecule has 0 bridgehead atoms. The summed E-state index contributed by atoms with van der Waals surface area (Å²) in [6.45, 7) is 18.9. The molecule has 0 saturated carbocycles. The lowest BCUT2D eigenvalue weighted by Crippen LogP contribution is -2.37. The fourth-order valence-electron chi connectivity index (χ4n) is 6.92. The van der Waals surface area contributed by atoms with Crippen LogP contribution in [0, 0.1) is 0 Å². The molecule has 6 rings (SSSR count). The van der Waals surface area contributed by atoms with Crippen LogP contribution in [0.25, 0.3) is 12.2 Å². The second kappa shape index (κ2) is 22.5. The van der Waals surface area contributed by atoms with Crippen LogP contribution in [-0.4, -0.2) is 171 Å². The van der Waals surface area contributed by atoms with Gasteiger partial charge in [0.2, 0.25) is 35.7 Å². The Kier molecular flexibility index (Phi) is 16.9. The van der Waals surface area contributed by atoms with Gasteiger partial charge in [-0.25, -0.2) is 0 Å². The first-order chi connectivity index (χ1) is 30.8. The molecule has 64 heavy (non-hydrogen) atoms. The van der Waals surface area contributed by atoms with E-state index in [2.05, 4.69) is 88.7 Å². The first-order valence-corrected chi connectivity index (χ1v) is 24.2. The number of nitrogens with zero attached hydrogens (tertiary/aromatic N) is 10. The maximum atomic E-state index is 12.8. The van der Waals surface area contributed by atoms with E-state index in [-0.39, 0.29) is 34.4 Å². The molecule has 2 aliphatic rings. The quantitative estimate of drug-likeness (QED) is 0.0487. The van der Waals surface area contributed by atoms with Gasteiger partial charge in [-0.1, -0.05) is 52.0 Å². The zero-order chi connectivity index (χ0) is 45.7. The van der Waals surface area contributed by atoms with Gasteiger partial charge in [0, 0.05) is 63.7 Å². The van der Waals surface area contributed by atoms with Crippen molar-refractivity contribution < 1.29 is 35.4 Å². The summed E-state index contributed by atoms with van der Waals surface area (Å²) in [5, 5.41) is 12.6. The normalized spacial score (nSPS) is 15.0. The van der Waals surface area contributed by atoms with Gasteiger partial charge < -0.3 is 50.3 Å². The average molecular weight is 927 g/mol. The Bertz CT molecular complexity index is 2260. The minimum absolute atomic E-state index is 0.0294. The average Bonchev–Trinajstić information content (AvgIpc) is 3.29. The van der Waals surface area contributed by atoms with Crippen molar-refractivity contribution >= 4 is 79.5 Å². The number of benzene rings is 2. The summed E-state index contributed by atoms with van der Waals surface area (Å²) in [7, 11) is -9.64. The van der Waals surface area contributed by atoms with Crippen LogP contribution in [0.15, 0.2) is 46.2 Å². The number of nitrogens with one attached hydrogen (secondary N) is 4. The number of ether oxygens (including phenoxy) is 2. The number of aromatic nitrogens is 6. The lowest BCUT2D eigenvalue weighted by molar-refractivity contribution is 0.122. The molecular weight excluding hydrogens is 869 g/mol. The third kappa shape index (κ3) is 13.6. The first kappa shape index (κ1) is 48.1. The summed E-state index contributed by atoms with van der Waals surface area (Å²) in [6.07, 6.45) is 2.64. The number of hydrogen-bond acceptors (Lipinski definition) is 20. The van der Waals surface area contributed by atoms with E-state index >= 15 is 0 Å². The van der Waals surface area contributed by atoms with Crippen LogP contribution < -0.4 is 31.1 Å². The standard InChI is InChI=1S/C40H58N14O8S2/c1-5-51(6-2)17-15-41-35-45-37(49-39(47-35)53-19-23-61-24-20-53)43-31-13-11-29(33(27-31)63(55,56)57)9-10-30-12-14-32(28-34(30)64(58,59)60)44-38-46-36(42-16-18-52(7-3)8-4)48-40(50-38)54-21-25-62-26-22-54/h9-14,27-28H,5-8,15-26H2,1-4H3,(H,55,56,57)(H,58,59,60)(H2,41,43,45,47,49)(H2,42,44,46,48,50)/b10-9+. The molecule has 2 aromatic heterocycles. The molecule has 2 aliphatic heterocycles. The van der Waals surface area contributed by atoms with Crippen molar-refractivity contribution in [2.75, 3.05) is 136 Å². The Morgan fingerprint density at radius 3 is 1.28 bits per heavy atom. The molecule has 2 aromatic carbocycles. The van der Waals surface area contributed by atoms with Crippen LogP contribution in [0.2, 0.25) is 0 Å². The van der Waals surface area contributed by atoms with Gasteiger partial charge in [0.05, 0.1) is 26.4 Å². The van der Waals surface area contributed by atoms with Gasteiger partial charge in [0.25, 0.3) is 20.2 Å². The monoisotopic (exact) mass is 926 g/mol. The molecule has 6 N–H and O–H groups in total. The van der Waals surface area contributed by atoms with Crippen LogP contribution in [0.5, 0.6) is 0 Å². The van der Waals surface area contributed by atoms with E-state index in [1.807, 2.05) is 9.80 Å². The SMILES string of the molecule is CCN(CC)CCNc1nc(Nc2ccc(/C=C/c3ccc(Nc4nc(NCCN(CC)CC)nc(N5CCOCC5)n4)cc3S(=O)(=O)O)c(S(=O)(=O)O)c2)nc(N2CCOCC2)n1. The van der Waals surface area contributed by atoms with E-state index in [1.54, 1.807) is 12.1 Å². The third-order valence-corrected chi connectivity index (χ3v) is 12.4. The van der Waals surface area contributed by atoms with Crippen LogP contribution in [0.4, 0.5) is 47.1 Å². The summed E-state index contributed by atoms with van der Waals surface area (Å²) < 4.78 is 82.7. The molecule has 0 unspecified atom stereocenters. The van der Waals surface area contributed by atoms with E-state index < -0.39 is 30.0 Å². The molecule has 22 nitrogen and oxygen atoms in total. The Labute approximate surface area is 374 Å². The summed E-state index contributed by atoms with van der Waals surface area (Å²) in [4.78, 5) is 34.9. The number of rotatable bonds is 22. The first-order valence-electron chi connectivity index (χ1n) is 21.3. The highest BCUT2D eigenvalue weighted by Crippen LogP contribution is 2.29. The second-order valence-electron chi connectivity index (χ2n) is 14.7. The van der Waals surface area contributed by atoms with E-state index in [1.165, 1.54) is 36.4 Å². The van der Waals surface area contributed by atoms with Gasteiger partial charge in [-0.15, -0.1) is 0 Å². The molecule has 4 heterocycles. The Hall–Kier alpha value is -5.34. The summed E-state index contributed by atoms with van der Waals surface area (Å²) in [6, 6.07) is 8.40. The molecule has 0 spiro atoms. The highest BCUT2D eigenvalue weighted by molar-refractivity contribution is 7.86. The maximum Gasteiger partial charge on any atom is 0.295 e. The van der Waals surface area contributed by atoms with Gasteiger partial charge in [0.1, 0.15) is 9.79 Å². The third-order valence-electron chi connectivity index (χ3n) is 10.6. The number of hydrogen-bond donors (Lipinski definition) is 6. The molecule has 24 heteroatoms. The predicted molar refractivity (Wildman–Crippen MR) is 246 cm³/mol. The zero-order valence-electron chi connectivity index (χ0n) is 36.6. The zero-order valence-corrected chi connectivity index (χ0v) is 38.2. The van der Waals surface area contributed by atoms with E-state index in [4.69, 9.17) is 9.47 Å². The van der Waals surface area contributed by atoms with E-state index in [0.29, 0.717) is 89.5 Å². The van der Waals surface area contributed by atoms with Gasteiger partial charge in [-0.05, 0) is 61.6 Å². The molecule has 4 aromatic rings. The molecule has 0 amide bonds. The maximum absolute atomic E-state index is 12.8. The highest BCUT2D eigenvalue weighted by atomic mass is 32.2. The summed E-state index contributed by atoms with van der Waals surface area (Å²) >= 11 is 0. The van der Waals surface area contributed by atoms with Crippen molar-refractivity contribution in [3.05, 3.63) is 47.5 Å². The van der Waals surface area contributed by atoms with Crippen molar-refractivity contribution in [1.29, 1.82) is 0 Å². The number of likely N-dealkylation sites (N-methyl/N-ethyl adjacent to an activating group) is 2. The molecule has 348 valence electrons. The lowest BCUT2D eigenvalue weighted by atomic mass is 10.1. The molecule has 2 fully saturated rings. The predicted octanol–water partition coefficient (Wildman–Crippen LogP) is 3.39. The van der Waals surface area contributed by atoms with Crippen molar-refractivity contribution in [3.8, 4) is 0 Å². The fraction of sp³-hybridized carbons (Fsp3) is 0.500. The smallest absolute Gasteiger partial charge is 0.295 e. The highest BCUT2D eigenvalue weighted by Gasteiger charge is 2.22. The topological polar surface area (TPSA) is 266 Å². The van der Waals surface area contributed by atoms with Crippen molar-refractivity contribution in [2.45, 2.75) is 37.5 Å². The molecular formula is C40H58N14O8S2. The van der Waals surface area contributed by atoms with Crippen LogP contribution in [0.1, 0.15) is 38.8 Å². The van der Waals surface area contributed by atoms with Crippen molar-refractivity contribution in [2.24, 2.45) is 0 Å². The lowest BCUT2D eigenvalue weighted by Gasteiger charge is -2.27. The second-order valence-corrected chi connectivity index (χ2v) is 17.5. The fourth-order valence-corrected chi connectivity index (χ4v) is 8.34. The van der Waals surface area contributed by atoms with Gasteiger partial charge in [0.15, 0.2) is 0 Å². The Balaban J connectivity index is 1.25. The van der Waals surface area contributed by atoms with Crippen LogP contribution in [-0.2, 0) is 29.7 Å². The summed E-state index contributed by atoms with van der Waals surface area (Å²) in [5.41, 5.74) is 0.539. The largest absolute Gasteiger partial charge is 0.378 e. The van der Waals surface area contributed by atoms with Gasteiger partial charge >= 0.3 is 0 Å². The summed E-state index contributed by atoms with van der Waals surface area (Å²) in [5.74, 6) is 1.73. The minimum atomic E-state index is -4.82. The Morgan fingerprint density at radius 2 is 0.938 bits per heavy atom. The van der Waals surface area contributed by atoms with E-state index in [0.717, 1.165) is 39.3 Å². The number of morpholine rings is 2. The molecule has 2 saturated heterocycles. The van der Waals surface area contributed by atoms with Crippen molar-refractivity contribution in [3.63, 3.8) is 0 Å². The van der Waals surface area contributed by atoms with E-state index in [9.17, 15) is 25.9 Å². The number of anilines is 8. The van der Waals surface area contributed by atoms with Crippen LogP contribution >= 0.6 is 0 Å². The van der Waals surface area contributed by atoms with Gasteiger partial charge in [-0.3, -0.25) is 9.11 Å². The minimum Gasteiger partial charge on any atom is -0.378 e.